The third-order valence-corrected chi connectivity index (χ3v) is 4.78. The van der Waals surface area contributed by atoms with Gasteiger partial charge in [0.2, 0.25) is 0 Å². The van der Waals surface area contributed by atoms with Gasteiger partial charge in [-0.2, -0.15) is 0 Å². The third kappa shape index (κ3) is 4.71. The van der Waals surface area contributed by atoms with Crippen LogP contribution >= 0.6 is 0 Å². The van der Waals surface area contributed by atoms with E-state index in [1.165, 1.54) is 0 Å². The number of aliphatic hydroxyl groups excluding tert-OH is 1. The highest BCUT2D eigenvalue weighted by Crippen LogP contribution is 2.28. The van der Waals surface area contributed by atoms with E-state index >= 15 is 0 Å². The van der Waals surface area contributed by atoms with E-state index < -0.39 is 6.10 Å². The number of rotatable bonds is 7. The van der Waals surface area contributed by atoms with Crippen molar-refractivity contribution >= 4 is 5.82 Å². The number of aromatic nitrogens is 1. The van der Waals surface area contributed by atoms with Gasteiger partial charge in [-0.25, -0.2) is 4.98 Å². The summed E-state index contributed by atoms with van der Waals surface area (Å²) in [5.74, 6) is 2.25. The van der Waals surface area contributed by atoms with Crippen LogP contribution in [-0.4, -0.2) is 48.3 Å². The summed E-state index contributed by atoms with van der Waals surface area (Å²) in [6.45, 7) is 5.59. The van der Waals surface area contributed by atoms with Gasteiger partial charge in [-0.15, -0.1) is 0 Å². The van der Waals surface area contributed by atoms with Gasteiger partial charge in [-0.05, 0) is 50.1 Å². The smallest absolute Gasteiger partial charge is 0.125 e. The largest absolute Gasteiger partial charge is 0.496 e. The minimum absolute atomic E-state index is 0.530. The molecule has 2 heterocycles. The summed E-state index contributed by atoms with van der Waals surface area (Å²) in [5.41, 5.74) is 2.01. The van der Waals surface area contributed by atoms with Crippen molar-refractivity contribution in [1.29, 1.82) is 0 Å². The SMILES string of the molecule is COc1ccc(C)cc1C(O)CN1CCC(CNc2ccccn2)C1. The van der Waals surface area contributed by atoms with Crippen LogP contribution in [0.4, 0.5) is 5.82 Å². The Kier molecular flexibility index (Phi) is 5.89. The topological polar surface area (TPSA) is 57.6 Å². The minimum Gasteiger partial charge on any atom is -0.496 e. The predicted molar refractivity (Wildman–Crippen MR) is 100.0 cm³/mol. The van der Waals surface area contributed by atoms with Gasteiger partial charge < -0.3 is 20.1 Å². The number of hydrogen-bond acceptors (Lipinski definition) is 5. The Morgan fingerprint density at radius 2 is 2.24 bits per heavy atom. The Morgan fingerprint density at radius 3 is 3.00 bits per heavy atom. The van der Waals surface area contributed by atoms with E-state index in [-0.39, 0.29) is 0 Å². The van der Waals surface area contributed by atoms with Gasteiger partial charge in [0.05, 0.1) is 13.2 Å². The maximum atomic E-state index is 10.7. The van der Waals surface area contributed by atoms with E-state index in [4.69, 9.17) is 4.74 Å². The molecular formula is C20H27N3O2. The lowest BCUT2D eigenvalue weighted by atomic mass is 10.0. The molecule has 2 unspecified atom stereocenters. The number of likely N-dealkylation sites (tertiary alicyclic amines) is 1. The monoisotopic (exact) mass is 341 g/mol. The highest BCUT2D eigenvalue weighted by atomic mass is 16.5. The zero-order valence-electron chi connectivity index (χ0n) is 15.0. The van der Waals surface area contributed by atoms with E-state index in [0.717, 1.165) is 48.7 Å². The number of ether oxygens (including phenoxy) is 1. The lowest BCUT2D eigenvalue weighted by molar-refractivity contribution is 0.121. The molecular weight excluding hydrogens is 314 g/mol. The van der Waals surface area contributed by atoms with Gasteiger partial charge in [0.15, 0.2) is 0 Å². The van der Waals surface area contributed by atoms with E-state index in [1.54, 1.807) is 13.3 Å². The fraction of sp³-hybridized carbons (Fsp3) is 0.450. The minimum atomic E-state index is -0.530. The summed E-state index contributed by atoms with van der Waals surface area (Å²) < 4.78 is 5.40. The van der Waals surface area contributed by atoms with Crippen molar-refractivity contribution < 1.29 is 9.84 Å². The van der Waals surface area contributed by atoms with E-state index in [0.29, 0.717) is 12.5 Å². The second-order valence-corrected chi connectivity index (χ2v) is 6.77. The summed E-state index contributed by atoms with van der Waals surface area (Å²) >= 11 is 0. The molecule has 0 saturated carbocycles. The molecule has 1 saturated heterocycles. The van der Waals surface area contributed by atoms with Crippen molar-refractivity contribution in [2.24, 2.45) is 5.92 Å². The first-order valence-electron chi connectivity index (χ1n) is 8.85. The molecule has 134 valence electrons. The number of benzene rings is 1. The molecule has 1 fully saturated rings. The highest BCUT2D eigenvalue weighted by molar-refractivity contribution is 5.38. The van der Waals surface area contributed by atoms with Crippen LogP contribution in [-0.2, 0) is 0 Å². The zero-order valence-corrected chi connectivity index (χ0v) is 15.0. The first kappa shape index (κ1) is 17.7. The van der Waals surface area contributed by atoms with Crippen molar-refractivity contribution in [1.82, 2.24) is 9.88 Å². The van der Waals surface area contributed by atoms with Crippen molar-refractivity contribution in [2.75, 3.05) is 38.6 Å². The lowest BCUT2D eigenvalue weighted by Crippen LogP contribution is -2.28. The maximum absolute atomic E-state index is 10.7. The maximum Gasteiger partial charge on any atom is 0.125 e. The van der Waals surface area contributed by atoms with E-state index in [9.17, 15) is 5.11 Å². The van der Waals surface area contributed by atoms with Crippen LogP contribution in [0.3, 0.4) is 0 Å². The van der Waals surface area contributed by atoms with Gasteiger partial charge >= 0.3 is 0 Å². The molecule has 1 aromatic carbocycles. The second-order valence-electron chi connectivity index (χ2n) is 6.77. The first-order chi connectivity index (χ1) is 12.2. The summed E-state index contributed by atoms with van der Waals surface area (Å²) in [5, 5.41) is 14.1. The van der Waals surface area contributed by atoms with Crippen molar-refractivity contribution in [3.05, 3.63) is 53.7 Å². The Labute approximate surface area is 149 Å². The molecule has 1 aliphatic rings. The van der Waals surface area contributed by atoms with E-state index in [1.807, 2.05) is 43.3 Å². The Balaban J connectivity index is 1.52. The van der Waals surface area contributed by atoms with Gasteiger partial charge in [-0.1, -0.05) is 17.7 Å². The summed E-state index contributed by atoms with van der Waals surface area (Å²) in [6.07, 6.45) is 2.41. The molecule has 1 aliphatic heterocycles. The van der Waals surface area contributed by atoms with Gasteiger partial charge in [0, 0.05) is 31.4 Å². The fourth-order valence-corrected chi connectivity index (χ4v) is 3.42. The summed E-state index contributed by atoms with van der Waals surface area (Å²) in [4.78, 5) is 6.63. The van der Waals surface area contributed by atoms with Crippen LogP contribution in [0.5, 0.6) is 5.75 Å². The van der Waals surface area contributed by atoms with Crippen molar-refractivity contribution in [2.45, 2.75) is 19.4 Å². The number of anilines is 1. The fourth-order valence-electron chi connectivity index (χ4n) is 3.42. The number of nitrogens with zero attached hydrogens (tertiary/aromatic N) is 2. The van der Waals surface area contributed by atoms with Crippen LogP contribution < -0.4 is 10.1 Å². The highest BCUT2D eigenvalue weighted by Gasteiger charge is 2.25. The number of β-amino-alcohol motifs (C(OH)–C–C–N with tert-alkyl or cyclic N) is 1. The Bertz CT molecular complexity index is 678. The molecule has 2 atom stereocenters. The zero-order chi connectivity index (χ0) is 17.6. The molecule has 25 heavy (non-hydrogen) atoms. The third-order valence-electron chi connectivity index (χ3n) is 4.78. The molecule has 0 bridgehead atoms. The summed E-state index contributed by atoms with van der Waals surface area (Å²) in [6, 6.07) is 11.8. The Hall–Kier alpha value is -2.11. The standard InChI is InChI=1S/C20H27N3O2/c1-15-6-7-19(25-2)17(11-15)18(24)14-23-10-8-16(13-23)12-22-20-5-3-4-9-21-20/h3-7,9,11,16,18,24H,8,10,12-14H2,1-2H3,(H,21,22). The van der Waals surface area contributed by atoms with Gasteiger partial charge in [-0.3, -0.25) is 0 Å². The first-order valence-corrected chi connectivity index (χ1v) is 8.85. The number of hydrogen-bond donors (Lipinski definition) is 2. The predicted octanol–water partition coefficient (Wildman–Crippen LogP) is 2.87. The summed E-state index contributed by atoms with van der Waals surface area (Å²) in [7, 11) is 1.65. The quantitative estimate of drug-likeness (QED) is 0.811. The molecule has 0 aliphatic carbocycles. The van der Waals surface area contributed by atoms with Crippen LogP contribution in [0, 0.1) is 12.8 Å². The number of aliphatic hydroxyl groups is 1. The second kappa shape index (κ2) is 8.32. The Morgan fingerprint density at radius 1 is 1.36 bits per heavy atom. The lowest BCUT2D eigenvalue weighted by Gasteiger charge is -2.22. The average molecular weight is 341 g/mol. The van der Waals surface area contributed by atoms with E-state index in [2.05, 4.69) is 15.2 Å². The van der Waals surface area contributed by atoms with Gasteiger partial charge in [0.25, 0.3) is 0 Å². The molecule has 5 heteroatoms. The number of methoxy groups -OCH3 is 1. The molecule has 0 amide bonds. The van der Waals surface area contributed by atoms with Crippen LogP contribution in [0.2, 0.25) is 0 Å². The molecule has 3 rings (SSSR count). The normalized spacial score (nSPS) is 18.9. The number of pyridine rings is 1. The average Bonchev–Trinajstić information content (AvgIpc) is 3.08. The van der Waals surface area contributed by atoms with Crippen molar-refractivity contribution in [3.63, 3.8) is 0 Å². The van der Waals surface area contributed by atoms with Gasteiger partial charge in [0.1, 0.15) is 11.6 Å². The molecule has 0 spiro atoms. The van der Waals surface area contributed by atoms with Crippen LogP contribution in [0.15, 0.2) is 42.6 Å². The molecule has 5 nitrogen and oxygen atoms in total. The molecule has 2 aromatic rings. The number of nitrogens with one attached hydrogen (secondary N) is 1. The molecule has 2 N–H and O–H groups in total. The van der Waals surface area contributed by atoms with Crippen LogP contribution in [0.25, 0.3) is 0 Å². The van der Waals surface area contributed by atoms with Crippen LogP contribution in [0.1, 0.15) is 23.7 Å². The number of aryl methyl sites for hydroxylation is 1. The van der Waals surface area contributed by atoms with Crippen molar-refractivity contribution in [3.8, 4) is 5.75 Å². The molecule has 1 aromatic heterocycles. The molecule has 0 radical (unpaired) electrons.